The highest BCUT2D eigenvalue weighted by Crippen LogP contribution is 1.82. The topological polar surface area (TPSA) is 95.7 Å². The average molecular weight is 257 g/mol. The first kappa shape index (κ1) is 21.0. The van der Waals surface area contributed by atoms with Crippen molar-refractivity contribution in [1.29, 1.82) is 0 Å². The smallest absolute Gasteiger partial charge is 0.330 e. The molecule has 2 N–H and O–H groups in total. The number of esters is 2. The third kappa shape index (κ3) is 19.2. The summed E-state index contributed by atoms with van der Waals surface area (Å²) in [4.78, 5) is 30.3. The summed E-state index contributed by atoms with van der Waals surface area (Å²) >= 11 is 0. The average Bonchev–Trinajstić information content (AvgIpc) is 2.34. The molecule has 0 aliphatic rings. The minimum atomic E-state index is -0.537. The van der Waals surface area contributed by atoms with Crippen LogP contribution in [0, 0.1) is 0 Å². The molecule has 18 heavy (non-hydrogen) atoms. The van der Waals surface area contributed by atoms with Crippen molar-refractivity contribution in [3.8, 4) is 0 Å². The highest BCUT2D eigenvalue weighted by Gasteiger charge is 1.97. The summed E-state index contributed by atoms with van der Waals surface area (Å²) in [6.07, 6.45) is 3.13. The first-order chi connectivity index (χ1) is 7.97. The Balaban J connectivity index is -0.000000321. The summed E-state index contributed by atoms with van der Waals surface area (Å²) in [5.41, 5.74) is 4.53. The minimum absolute atomic E-state index is 0. The van der Waals surface area contributed by atoms with Crippen LogP contribution in [-0.4, -0.2) is 31.1 Å². The fourth-order valence-corrected chi connectivity index (χ4v) is 0.402. The van der Waals surface area contributed by atoms with Crippen molar-refractivity contribution < 1.29 is 23.9 Å². The second-order valence-electron chi connectivity index (χ2n) is 2.35. The Labute approximate surface area is 107 Å². The molecule has 0 atom stereocenters. The van der Waals surface area contributed by atoms with E-state index < -0.39 is 17.8 Å². The van der Waals surface area contributed by atoms with Gasteiger partial charge in [-0.1, -0.05) is 27.2 Å². The number of primary amides is 1. The second kappa shape index (κ2) is 14.6. The summed E-state index contributed by atoms with van der Waals surface area (Å²) in [7, 11) is 0. The number of rotatable bonds is 6. The van der Waals surface area contributed by atoms with Gasteiger partial charge < -0.3 is 15.2 Å². The molecule has 0 rings (SSSR count). The van der Waals surface area contributed by atoms with Crippen LogP contribution >= 0.6 is 0 Å². The SMILES string of the molecule is C.C=CC(=O)OCCOC(=O)C=C.C=CC(N)=O. The van der Waals surface area contributed by atoms with Crippen molar-refractivity contribution in [3.05, 3.63) is 38.0 Å². The second-order valence-corrected chi connectivity index (χ2v) is 2.35. The molecule has 0 aliphatic heterocycles. The van der Waals surface area contributed by atoms with Gasteiger partial charge in [-0.3, -0.25) is 4.79 Å². The molecule has 0 unspecified atom stereocenters. The van der Waals surface area contributed by atoms with E-state index in [-0.39, 0.29) is 20.6 Å². The minimum Gasteiger partial charge on any atom is -0.459 e. The van der Waals surface area contributed by atoms with Gasteiger partial charge in [0, 0.05) is 12.2 Å². The lowest BCUT2D eigenvalue weighted by atomic mass is 10.6. The van der Waals surface area contributed by atoms with Crippen LogP contribution in [0.2, 0.25) is 0 Å². The Morgan fingerprint density at radius 3 is 1.33 bits per heavy atom. The van der Waals surface area contributed by atoms with Crippen LogP contribution in [0.25, 0.3) is 0 Å². The molecular weight excluding hydrogens is 238 g/mol. The summed E-state index contributed by atoms with van der Waals surface area (Å²) in [6.45, 7) is 9.53. The van der Waals surface area contributed by atoms with E-state index in [0.717, 1.165) is 18.2 Å². The van der Waals surface area contributed by atoms with Gasteiger partial charge in [0.15, 0.2) is 0 Å². The highest BCUT2D eigenvalue weighted by molar-refractivity contribution is 5.85. The van der Waals surface area contributed by atoms with Gasteiger partial charge in [-0.2, -0.15) is 0 Å². The Kier molecular flexibility index (Phi) is 17.0. The van der Waals surface area contributed by atoms with E-state index >= 15 is 0 Å². The van der Waals surface area contributed by atoms with Crippen molar-refractivity contribution in [3.63, 3.8) is 0 Å². The normalized spacial score (nSPS) is 7.33. The highest BCUT2D eigenvalue weighted by atomic mass is 16.6. The van der Waals surface area contributed by atoms with E-state index in [1.54, 1.807) is 0 Å². The molecule has 0 bridgehead atoms. The number of amides is 1. The number of hydrogen-bond donors (Lipinski definition) is 1. The van der Waals surface area contributed by atoms with Crippen LogP contribution in [0.1, 0.15) is 7.43 Å². The molecule has 0 saturated heterocycles. The zero-order chi connectivity index (χ0) is 13.7. The molecule has 1 amide bonds. The van der Waals surface area contributed by atoms with Gasteiger partial charge in [0.2, 0.25) is 5.91 Å². The number of ether oxygens (including phenoxy) is 2. The van der Waals surface area contributed by atoms with Crippen molar-refractivity contribution >= 4 is 17.8 Å². The molecule has 102 valence electrons. The van der Waals surface area contributed by atoms with Crippen LogP contribution in [0.5, 0.6) is 0 Å². The molecule has 0 aromatic carbocycles. The predicted molar refractivity (Wildman–Crippen MR) is 68.4 cm³/mol. The van der Waals surface area contributed by atoms with E-state index in [0.29, 0.717) is 0 Å². The van der Waals surface area contributed by atoms with Gasteiger partial charge >= 0.3 is 11.9 Å². The molecule has 0 saturated carbocycles. The molecule has 0 aliphatic carbocycles. The summed E-state index contributed by atoms with van der Waals surface area (Å²) in [6, 6.07) is 0. The number of carbonyl (C=O) groups is 3. The first-order valence-corrected chi connectivity index (χ1v) is 4.48. The van der Waals surface area contributed by atoms with Gasteiger partial charge in [0.1, 0.15) is 13.2 Å². The zero-order valence-corrected chi connectivity index (χ0v) is 9.39. The Morgan fingerprint density at radius 1 is 0.889 bits per heavy atom. The predicted octanol–water partition coefficient (Wildman–Crippen LogP) is 0.739. The maximum atomic E-state index is 10.4. The molecule has 0 fully saturated rings. The molecule has 0 radical (unpaired) electrons. The van der Waals surface area contributed by atoms with Crippen molar-refractivity contribution in [2.24, 2.45) is 5.73 Å². The molecule has 0 spiro atoms. The van der Waals surface area contributed by atoms with E-state index in [1.807, 2.05) is 0 Å². The lowest BCUT2D eigenvalue weighted by Gasteiger charge is -2.01. The summed E-state index contributed by atoms with van der Waals surface area (Å²) in [5, 5.41) is 0. The third-order valence-electron chi connectivity index (χ3n) is 1.11. The van der Waals surface area contributed by atoms with Crippen molar-refractivity contribution in [2.75, 3.05) is 13.2 Å². The van der Waals surface area contributed by atoms with Crippen LogP contribution in [-0.2, 0) is 23.9 Å². The van der Waals surface area contributed by atoms with E-state index in [2.05, 4.69) is 34.9 Å². The zero-order valence-electron chi connectivity index (χ0n) is 9.39. The molecular formula is C12H19NO5. The molecule has 0 aromatic heterocycles. The Bertz CT molecular complexity index is 288. The van der Waals surface area contributed by atoms with Gasteiger partial charge in [-0.05, 0) is 6.08 Å². The standard InChI is InChI=1S/C8H10O4.C3H5NO.CH4/c1-3-7(9)11-5-6-12-8(10)4-2;1-2-3(4)5;/h3-4H,1-2,5-6H2;2H,1H2,(H2,4,5);1H4. The van der Waals surface area contributed by atoms with E-state index in [9.17, 15) is 14.4 Å². The Hall–Kier alpha value is -2.37. The lowest BCUT2D eigenvalue weighted by molar-refractivity contribution is -0.146. The van der Waals surface area contributed by atoms with Crippen LogP contribution < -0.4 is 5.73 Å². The van der Waals surface area contributed by atoms with Crippen molar-refractivity contribution in [1.82, 2.24) is 0 Å². The maximum Gasteiger partial charge on any atom is 0.330 e. The third-order valence-corrected chi connectivity index (χ3v) is 1.11. The fourth-order valence-electron chi connectivity index (χ4n) is 0.402. The van der Waals surface area contributed by atoms with Gasteiger partial charge in [0.05, 0.1) is 0 Å². The number of nitrogens with two attached hydrogens (primary N) is 1. The largest absolute Gasteiger partial charge is 0.459 e. The Morgan fingerprint density at radius 2 is 1.17 bits per heavy atom. The van der Waals surface area contributed by atoms with Crippen LogP contribution in [0.4, 0.5) is 0 Å². The van der Waals surface area contributed by atoms with Crippen LogP contribution in [0.15, 0.2) is 38.0 Å². The summed E-state index contributed by atoms with van der Waals surface area (Å²) < 4.78 is 9.04. The molecule has 0 aromatic rings. The maximum absolute atomic E-state index is 10.4. The van der Waals surface area contributed by atoms with Gasteiger partial charge in [-0.15, -0.1) is 0 Å². The number of carbonyl (C=O) groups excluding carboxylic acids is 3. The van der Waals surface area contributed by atoms with E-state index in [1.165, 1.54) is 0 Å². The lowest BCUT2D eigenvalue weighted by Crippen LogP contribution is -2.10. The van der Waals surface area contributed by atoms with Gasteiger partial charge in [0.25, 0.3) is 0 Å². The van der Waals surface area contributed by atoms with Crippen molar-refractivity contribution in [2.45, 2.75) is 7.43 Å². The van der Waals surface area contributed by atoms with E-state index in [4.69, 9.17) is 0 Å². The molecule has 0 heterocycles. The fraction of sp³-hybridized carbons (Fsp3) is 0.250. The molecule has 6 heteroatoms. The molecule has 6 nitrogen and oxygen atoms in total. The number of hydrogen-bond acceptors (Lipinski definition) is 5. The van der Waals surface area contributed by atoms with Gasteiger partial charge in [-0.25, -0.2) is 9.59 Å². The monoisotopic (exact) mass is 257 g/mol. The first-order valence-electron chi connectivity index (χ1n) is 4.48. The van der Waals surface area contributed by atoms with Crippen LogP contribution in [0.3, 0.4) is 0 Å². The quantitative estimate of drug-likeness (QED) is 0.430. The summed E-state index contributed by atoms with van der Waals surface area (Å²) in [5.74, 6) is -1.56.